The van der Waals surface area contributed by atoms with E-state index in [0.717, 1.165) is 30.8 Å². The zero-order valence-corrected chi connectivity index (χ0v) is 22.9. The van der Waals surface area contributed by atoms with E-state index in [-0.39, 0.29) is 17.8 Å². The molecule has 0 radical (unpaired) electrons. The number of carbonyl (C=O) groups excluding carboxylic acids is 1. The number of hydroxylamine groups is 1. The van der Waals surface area contributed by atoms with E-state index >= 15 is 0 Å². The molecule has 2 aliphatic rings. The lowest BCUT2D eigenvalue weighted by Crippen LogP contribution is -2.31. The normalized spacial score (nSPS) is 18.7. The molecule has 0 saturated carbocycles. The van der Waals surface area contributed by atoms with Crippen molar-refractivity contribution in [3.05, 3.63) is 72.8 Å². The first kappa shape index (κ1) is 27.4. The maximum absolute atomic E-state index is 13.9. The minimum Gasteiger partial charge on any atom is -0.494 e. The van der Waals surface area contributed by atoms with Crippen molar-refractivity contribution in [1.82, 2.24) is 14.9 Å². The van der Waals surface area contributed by atoms with Crippen molar-refractivity contribution < 1.29 is 18.8 Å². The third-order valence-corrected chi connectivity index (χ3v) is 7.27. The van der Waals surface area contributed by atoms with Crippen molar-refractivity contribution in [2.45, 2.75) is 24.9 Å². The van der Waals surface area contributed by atoms with Gasteiger partial charge in [-0.25, -0.2) is 19.4 Å². The zero-order chi connectivity index (χ0) is 28.2. The number of anilines is 5. The fraction of sp³-hybridized carbons (Fsp3) is 0.345. The Morgan fingerprint density at radius 1 is 1.20 bits per heavy atom. The van der Waals surface area contributed by atoms with Gasteiger partial charge in [0, 0.05) is 37.7 Å². The van der Waals surface area contributed by atoms with E-state index in [1.165, 1.54) is 24.5 Å². The molecule has 210 valence electrons. The van der Waals surface area contributed by atoms with Crippen LogP contribution in [0.2, 0.25) is 0 Å². The van der Waals surface area contributed by atoms with Gasteiger partial charge in [0.1, 0.15) is 23.7 Å². The molecule has 40 heavy (non-hydrogen) atoms. The molecule has 2 unspecified atom stereocenters. The van der Waals surface area contributed by atoms with Gasteiger partial charge < -0.3 is 25.2 Å². The Morgan fingerprint density at radius 3 is 2.77 bits per heavy atom. The van der Waals surface area contributed by atoms with Crippen molar-refractivity contribution in [2.75, 3.05) is 61.5 Å². The van der Waals surface area contributed by atoms with Gasteiger partial charge in [0.25, 0.3) is 0 Å². The fourth-order valence-electron chi connectivity index (χ4n) is 5.15. The summed E-state index contributed by atoms with van der Waals surface area (Å²) in [6.45, 7) is 5.77. The number of aromatic nitrogens is 2. The Labute approximate surface area is 233 Å². The zero-order valence-electron chi connectivity index (χ0n) is 22.9. The number of ether oxygens (including phenoxy) is 1. The van der Waals surface area contributed by atoms with E-state index in [2.05, 4.69) is 51.1 Å². The maximum atomic E-state index is 13.9. The molecule has 10 nitrogen and oxygen atoms in total. The number of carbonyl (C=O) groups is 1. The first-order valence-electron chi connectivity index (χ1n) is 13.2. The average Bonchev–Trinajstić information content (AvgIpc) is 3.64. The van der Waals surface area contributed by atoms with E-state index < -0.39 is 0 Å². The number of nitrogens with one attached hydrogen (secondary N) is 2. The van der Waals surface area contributed by atoms with Crippen LogP contribution in [0.4, 0.5) is 33.1 Å². The van der Waals surface area contributed by atoms with Gasteiger partial charge in [-0.1, -0.05) is 18.7 Å². The van der Waals surface area contributed by atoms with Gasteiger partial charge in [-0.15, -0.1) is 0 Å². The number of hydrogen-bond acceptors (Lipinski definition) is 9. The molecule has 5 rings (SSSR count). The summed E-state index contributed by atoms with van der Waals surface area (Å²) in [5.74, 6) is 1.02. The minimum absolute atomic E-state index is 0.181. The molecule has 0 aliphatic carbocycles. The van der Waals surface area contributed by atoms with Gasteiger partial charge in [-0.3, -0.25) is 9.63 Å². The molecule has 3 aromatic rings. The molecule has 1 aromatic heterocycles. The third-order valence-electron chi connectivity index (χ3n) is 7.27. The fourth-order valence-corrected chi connectivity index (χ4v) is 5.15. The highest BCUT2D eigenvalue weighted by atomic mass is 19.1. The predicted octanol–water partition coefficient (Wildman–Crippen LogP) is 4.52. The number of halogens is 1. The van der Waals surface area contributed by atoms with Gasteiger partial charge in [0.05, 0.1) is 36.8 Å². The number of nitrogens with zero attached hydrogens (tertiary/aromatic N) is 5. The summed E-state index contributed by atoms with van der Waals surface area (Å²) in [6, 6.07) is 12.2. The van der Waals surface area contributed by atoms with E-state index in [1.54, 1.807) is 24.3 Å². The predicted molar refractivity (Wildman–Crippen MR) is 154 cm³/mol. The highest BCUT2D eigenvalue weighted by Crippen LogP contribution is 2.40. The summed E-state index contributed by atoms with van der Waals surface area (Å²) in [4.78, 5) is 31.5. The van der Waals surface area contributed by atoms with E-state index in [4.69, 9.17) is 9.57 Å². The van der Waals surface area contributed by atoms with Crippen molar-refractivity contribution >= 4 is 34.6 Å². The van der Waals surface area contributed by atoms with Crippen LogP contribution in [0.3, 0.4) is 0 Å². The molecule has 3 heterocycles. The number of hydrogen-bond donors (Lipinski definition) is 2. The molecular weight excluding hydrogens is 513 g/mol. The molecular formula is C29H34FN7O3. The highest BCUT2D eigenvalue weighted by Gasteiger charge is 2.30. The van der Waals surface area contributed by atoms with Crippen LogP contribution in [-0.4, -0.2) is 67.7 Å². The second-order valence-electron chi connectivity index (χ2n) is 10.0. The van der Waals surface area contributed by atoms with Crippen molar-refractivity contribution in [3.8, 4) is 5.75 Å². The highest BCUT2D eigenvalue weighted by molar-refractivity contribution is 6.02. The van der Waals surface area contributed by atoms with Crippen LogP contribution in [0.25, 0.3) is 0 Å². The molecule has 0 spiro atoms. The van der Waals surface area contributed by atoms with E-state index in [9.17, 15) is 9.18 Å². The minimum atomic E-state index is -0.306. The van der Waals surface area contributed by atoms with Crippen LogP contribution < -0.4 is 25.3 Å². The van der Waals surface area contributed by atoms with Crippen LogP contribution in [-0.2, 0) is 9.63 Å². The summed E-state index contributed by atoms with van der Waals surface area (Å²) in [5, 5.41) is 7.94. The van der Waals surface area contributed by atoms with Gasteiger partial charge in [0.15, 0.2) is 5.82 Å². The number of benzene rings is 2. The lowest BCUT2D eigenvalue weighted by Gasteiger charge is -2.26. The first-order chi connectivity index (χ1) is 19.4. The largest absolute Gasteiger partial charge is 0.494 e. The van der Waals surface area contributed by atoms with E-state index in [0.29, 0.717) is 47.8 Å². The smallest absolute Gasteiger partial charge is 0.247 e. The van der Waals surface area contributed by atoms with Gasteiger partial charge in [0.2, 0.25) is 5.91 Å². The summed E-state index contributed by atoms with van der Waals surface area (Å²) < 4.78 is 19.6. The Bertz CT molecular complexity index is 1390. The molecule has 2 saturated heterocycles. The Morgan fingerprint density at radius 2 is 2.05 bits per heavy atom. The molecule has 2 N–H and O–H groups in total. The molecule has 2 aromatic carbocycles. The summed E-state index contributed by atoms with van der Waals surface area (Å²) >= 11 is 0. The third kappa shape index (κ3) is 5.85. The van der Waals surface area contributed by atoms with E-state index in [1.807, 2.05) is 18.2 Å². The van der Waals surface area contributed by atoms with Gasteiger partial charge in [-0.05, 0) is 50.4 Å². The monoisotopic (exact) mass is 547 g/mol. The summed E-state index contributed by atoms with van der Waals surface area (Å²) in [7, 11) is 5.75. The van der Waals surface area contributed by atoms with Gasteiger partial charge in [-0.2, -0.15) is 0 Å². The lowest BCUT2D eigenvalue weighted by atomic mass is 10.0. The molecule has 0 bridgehead atoms. The number of methoxy groups -OCH3 is 1. The number of likely N-dealkylation sites (N-methyl/N-ethyl adjacent to an activating group) is 1. The lowest BCUT2D eigenvalue weighted by molar-refractivity contribution is -0.111. The Hall–Kier alpha value is -4.22. The van der Waals surface area contributed by atoms with Crippen molar-refractivity contribution in [3.63, 3.8) is 0 Å². The molecule has 11 heteroatoms. The second-order valence-corrected chi connectivity index (χ2v) is 10.0. The number of amides is 1. The van der Waals surface area contributed by atoms with Crippen LogP contribution in [0, 0.1) is 5.82 Å². The SMILES string of the molecule is C=CC(=O)Nc1cc(Nc2cc(N3OCCC3c3cccc(F)c3)ncn2)c(OC)cc1N1CCC(N(C)C)C1. The average molecular weight is 548 g/mol. The van der Waals surface area contributed by atoms with Crippen LogP contribution in [0.15, 0.2) is 61.4 Å². The van der Waals surface area contributed by atoms with Crippen molar-refractivity contribution in [1.29, 1.82) is 0 Å². The number of rotatable bonds is 9. The molecule has 2 aliphatic heterocycles. The van der Waals surface area contributed by atoms with Crippen LogP contribution >= 0.6 is 0 Å². The molecule has 1 amide bonds. The molecule has 2 fully saturated rings. The Balaban J connectivity index is 1.44. The van der Waals surface area contributed by atoms with Crippen LogP contribution in [0.5, 0.6) is 5.75 Å². The van der Waals surface area contributed by atoms with Crippen LogP contribution in [0.1, 0.15) is 24.4 Å². The standard InChI is InChI=1S/C29H34FN7O3/c1-5-29(38)34-22-14-23(26(39-4)15-25(22)36-11-9-21(17-36)35(2)3)33-27-16-28(32-18-31-27)37-24(10-12-40-37)19-7-6-8-20(30)13-19/h5-8,13-16,18,21,24H,1,9-12,17H2,2-4H3,(H,34,38)(H,31,32,33). The Kier molecular flexibility index (Phi) is 8.13. The van der Waals surface area contributed by atoms with Gasteiger partial charge >= 0.3 is 0 Å². The molecule has 2 atom stereocenters. The maximum Gasteiger partial charge on any atom is 0.247 e. The summed E-state index contributed by atoms with van der Waals surface area (Å²) in [6.07, 6.45) is 4.40. The van der Waals surface area contributed by atoms with Crippen molar-refractivity contribution in [2.24, 2.45) is 0 Å². The topological polar surface area (TPSA) is 95.1 Å². The quantitative estimate of drug-likeness (QED) is 0.375. The summed E-state index contributed by atoms with van der Waals surface area (Å²) in [5.41, 5.74) is 2.93. The first-order valence-corrected chi connectivity index (χ1v) is 13.2. The second kappa shape index (κ2) is 11.9.